The second-order valence-electron chi connectivity index (χ2n) is 4.85. The Bertz CT molecular complexity index is 473. The maximum Gasteiger partial charge on any atom is 0.0581 e. The van der Waals surface area contributed by atoms with Crippen molar-refractivity contribution in [2.45, 2.75) is 26.2 Å². The predicted octanol–water partition coefficient (Wildman–Crippen LogP) is 5.20. The van der Waals surface area contributed by atoms with Gasteiger partial charge < -0.3 is 0 Å². The molecule has 100 valence electrons. The fraction of sp³-hybridized carbons (Fsp3) is 0.353. The van der Waals surface area contributed by atoms with Gasteiger partial charge in [-0.1, -0.05) is 73.8 Å². The third kappa shape index (κ3) is 3.80. The first-order valence-corrected chi connectivity index (χ1v) is 8.22. The zero-order valence-electron chi connectivity index (χ0n) is 11.3. The lowest BCUT2D eigenvalue weighted by atomic mass is 9.78. The van der Waals surface area contributed by atoms with Gasteiger partial charge in [-0.05, 0) is 30.6 Å². The van der Waals surface area contributed by atoms with Crippen molar-refractivity contribution in [1.82, 2.24) is 0 Å². The first-order valence-electron chi connectivity index (χ1n) is 6.82. The number of allylic oxidation sites excluding steroid dienone is 4. The van der Waals surface area contributed by atoms with Crippen molar-refractivity contribution in [3.05, 3.63) is 60.2 Å². The summed E-state index contributed by atoms with van der Waals surface area (Å²) in [6.45, 7) is 2.17. The maximum absolute atomic E-state index is 5.68. The van der Waals surface area contributed by atoms with E-state index in [2.05, 4.69) is 61.6 Å². The van der Waals surface area contributed by atoms with E-state index >= 15 is 0 Å². The van der Waals surface area contributed by atoms with E-state index in [1.54, 1.807) is 0 Å². The molecule has 0 spiro atoms. The largest absolute Gasteiger partial charge is 0.118 e. The summed E-state index contributed by atoms with van der Waals surface area (Å²) >= 11 is 7.50. The number of hydrogen-bond acceptors (Lipinski definition) is 2. The second-order valence-corrected chi connectivity index (χ2v) is 6.79. The smallest absolute Gasteiger partial charge is 0.0581 e. The lowest BCUT2D eigenvalue weighted by molar-refractivity contribution is 0.502. The van der Waals surface area contributed by atoms with Crippen LogP contribution in [0.1, 0.15) is 25.3 Å². The van der Waals surface area contributed by atoms with Crippen molar-refractivity contribution in [2.24, 2.45) is 5.41 Å². The third-order valence-corrected chi connectivity index (χ3v) is 5.25. The van der Waals surface area contributed by atoms with Gasteiger partial charge in [0, 0.05) is 5.41 Å². The van der Waals surface area contributed by atoms with E-state index in [1.807, 2.05) is 11.8 Å². The highest BCUT2D eigenvalue weighted by Gasteiger charge is 2.31. The minimum absolute atomic E-state index is 0.0700. The molecule has 1 aromatic rings. The van der Waals surface area contributed by atoms with Crippen LogP contribution < -0.4 is 0 Å². The summed E-state index contributed by atoms with van der Waals surface area (Å²) in [5.74, 6) is 1.06. The Morgan fingerprint density at radius 2 is 2.05 bits per heavy atom. The van der Waals surface area contributed by atoms with Crippen molar-refractivity contribution >= 4 is 28.2 Å². The molecule has 2 heteroatoms. The molecule has 2 rings (SSSR count). The van der Waals surface area contributed by atoms with Crippen LogP contribution in [0.3, 0.4) is 0 Å². The van der Waals surface area contributed by atoms with E-state index in [0.29, 0.717) is 0 Å². The molecule has 0 radical (unpaired) electrons. The topological polar surface area (TPSA) is 0 Å². The lowest BCUT2D eigenvalue weighted by Crippen LogP contribution is -2.27. The molecule has 1 aliphatic rings. The van der Waals surface area contributed by atoms with Crippen molar-refractivity contribution in [1.29, 1.82) is 0 Å². The maximum atomic E-state index is 5.68. The van der Waals surface area contributed by atoms with E-state index in [0.717, 1.165) is 29.2 Å². The molecular formula is C17H20S2. The van der Waals surface area contributed by atoms with Crippen LogP contribution in [0.4, 0.5) is 0 Å². The van der Waals surface area contributed by atoms with Gasteiger partial charge in [-0.25, -0.2) is 0 Å². The van der Waals surface area contributed by atoms with Crippen LogP contribution in [0.15, 0.2) is 54.6 Å². The number of hydrogen-bond donors (Lipinski definition) is 0. The Labute approximate surface area is 126 Å². The fourth-order valence-corrected chi connectivity index (χ4v) is 3.80. The molecule has 0 heterocycles. The van der Waals surface area contributed by atoms with Crippen molar-refractivity contribution < 1.29 is 0 Å². The molecule has 0 saturated carbocycles. The van der Waals surface area contributed by atoms with Gasteiger partial charge in [0.1, 0.15) is 0 Å². The zero-order chi connectivity index (χ0) is 13.6. The van der Waals surface area contributed by atoms with Crippen LogP contribution in [0.5, 0.6) is 0 Å². The van der Waals surface area contributed by atoms with Gasteiger partial charge in [0.25, 0.3) is 0 Å². The number of rotatable bonds is 5. The quantitative estimate of drug-likeness (QED) is 0.683. The average Bonchev–Trinajstić information content (AvgIpc) is 2.47. The molecule has 0 bridgehead atoms. The summed E-state index contributed by atoms with van der Waals surface area (Å²) in [7, 11) is 0. The average molecular weight is 288 g/mol. The number of thioether (sulfide) groups is 1. The molecule has 0 saturated heterocycles. The van der Waals surface area contributed by atoms with Crippen molar-refractivity contribution in [2.75, 3.05) is 5.75 Å². The van der Waals surface area contributed by atoms with E-state index in [-0.39, 0.29) is 5.41 Å². The minimum Gasteiger partial charge on any atom is -0.118 e. The number of benzene rings is 1. The molecular weight excluding hydrogens is 268 g/mol. The van der Waals surface area contributed by atoms with Crippen LogP contribution in [0.2, 0.25) is 0 Å². The van der Waals surface area contributed by atoms with Crippen LogP contribution in [0, 0.1) is 5.41 Å². The predicted molar refractivity (Wildman–Crippen MR) is 90.8 cm³/mol. The van der Waals surface area contributed by atoms with Gasteiger partial charge >= 0.3 is 0 Å². The van der Waals surface area contributed by atoms with Gasteiger partial charge in [-0.3, -0.25) is 0 Å². The minimum atomic E-state index is 0.0700. The Kier molecular flexibility index (Phi) is 5.41. The molecule has 0 fully saturated rings. The Hall–Kier alpha value is -0.860. The highest BCUT2D eigenvalue weighted by molar-refractivity contribution is 8.23. The van der Waals surface area contributed by atoms with Crippen molar-refractivity contribution in [3.63, 3.8) is 0 Å². The summed E-state index contributed by atoms with van der Waals surface area (Å²) in [6, 6.07) is 10.7. The molecule has 0 nitrogen and oxygen atoms in total. The Balaban J connectivity index is 2.09. The summed E-state index contributed by atoms with van der Waals surface area (Å²) < 4.78 is 1.14. The number of thiocarbonyl (C=S) groups is 1. The van der Waals surface area contributed by atoms with Gasteiger partial charge in [0.2, 0.25) is 0 Å². The van der Waals surface area contributed by atoms with E-state index in [1.165, 1.54) is 5.56 Å². The van der Waals surface area contributed by atoms with Crippen LogP contribution in [-0.2, 0) is 6.42 Å². The monoisotopic (exact) mass is 288 g/mol. The molecule has 1 aromatic carbocycles. The molecule has 0 aliphatic heterocycles. The molecule has 19 heavy (non-hydrogen) atoms. The number of aryl methyl sites for hydroxylation is 1. The second kappa shape index (κ2) is 7.06. The van der Waals surface area contributed by atoms with Gasteiger partial charge in [0.15, 0.2) is 0 Å². The van der Waals surface area contributed by atoms with Gasteiger partial charge in [-0.2, -0.15) is 0 Å². The Morgan fingerprint density at radius 3 is 2.68 bits per heavy atom. The molecule has 1 atom stereocenters. The molecule has 1 aliphatic carbocycles. The first kappa shape index (κ1) is 14.5. The summed E-state index contributed by atoms with van der Waals surface area (Å²) in [4.78, 5) is 0. The zero-order valence-corrected chi connectivity index (χ0v) is 13.0. The van der Waals surface area contributed by atoms with Crippen LogP contribution >= 0.6 is 24.0 Å². The van der Waals surface area contributed by atoms with E-state index < -0.39 is 0 Å². The van der Waals surface area contributed by atoms with Gasteiger partial charge in [-0.15, -0.1) is 11.8 Å². The standard InChI is InChI=1S/C17H20S2/c1-2-19-16(18)17(12-7-4-8-13-17)14-11-15-9-5-3-6-10-15/h3-10,12H,2,11,13-14H2,1H3. The first-order chi connectivity index (χ1) is 9.27. The molecule has 0 N–H and O–H groups in total. The summed E-state index contributed by atoms with van der Waals surface area (Å²) in [6.07, 6.45) is 12.1. The normalized spacial score (nSPS) is 21.5. The molecule has 0 amide bonds. The van der Waals surface area contributed by atoms with E-state index in [9.17, 15) is 0 Å². The molecule has 1 unspecified atom stereocenters. The fourth-order valence-electron chi connectivity index (χ4n) is 2.39. The highest BCUT2D eigenvalue weighted by Crippen LogP contribution is 2.39. The third-order valence-electron chi connectivity index (χ3n) is 3.53. The Morgan fingerprint density at radius 1 is 1.26 bits per heavy atom. The highest BCUT2D eigenvalue weighted by atomic mass is 32.2. The summed E-state index contributed by atoms with van der Waals surface area (Å²) in [5.41, 5.74) is 1.47. The van der Waals surface area contributed by atoms with Gasteiger partial charge in [0.05, 0.1) is 4.20 Å². The van der Waals surface area contributed by atoms with E-state index in [4.69, 9.17) is 12.2 Å². The van der Waals surface area contributed by atoms with Crippen LogP contribution in [0.25, 0.3) is 0 Å². The lowest BCUT2D eigenvalue weighted by Gasteiger charge is -2.32. The SMILES string of the molecule is CCSC(=S)C1(CCc2ccccc2)C=CC=CC1. The summed E-state index contributed by atoms with van der Waals surface area (Å²) in [5, 5.41) is 0. The van der Waals surface area contributed by atoms with Crippen molar-refractivity contribution in [3.8, 4) is 0 Å². The van der Waals surface area contributed by atoms with Crippen LogP contribution in [-0.4, -0.2) is 9.95 Å². The molecule has 0 aromatic heterocycles.